The van der Waals surface area contributed by atoms with E-state index in [4.69, 9.17) is 5.11 Å². The average Bonchev–Trinajstić information content (AvgIpc) is 2.29. The van der Waals surface area contributed by atoms with Crippen LogP contribution in [-0.4, -0.2) is 32.2 Å². The standard InChI is InChI=1S/C10H8F5NO4S/c11-6-3-5(9(17)18)4-7(8(6)12)21(19,20)16-2-1-10(13,14)15/h3-4,16H,1-2H2,(H,17,18). The summed E-state index contributed by atoms with van der Waals surface area (Å²) in [6, 6.07) is 0.572. The minimum absolute atomic E-state index is 0.256. The summed E-state index contributed by atoms with van der Waals surface area (Å²) >= 11 is 0. The predicted octanol–water partition coefficient (Wildman–Crippen LogP) is 1.89. The van der Waals surface area contributed by atoms with Crippen LogP contribution in [0.2, 0.25) is 0 Å². The van der Waals surface area contributed by atoms with Crippen LogP contribution in [0.25, 0.3) is 0 Å². The third-order valence-electron chi connectivity index (χ3n) is 2.23. The number of carboxylic acid groups (broad SMARTS) is 1. The molecule has 118 valence electrons. The van der Waals surface area contributed by atoms with Crippen LogP contribution in [0.4, 0.5) is 22.0 Å². The van der Waals surface area contributed by atoms with Crippen LogP contribution in [0.5, 0.6) is 0 Å². The lowest BCUT2D eigenvalue weighted by atomic mass is 10.2. The summed E-state index contributed by atoms with van der Waals surface area (Å²) in [5.41, 5.74) is -0.856. The maximum Gasteiger partial charge on any atom is 0.390 e. The van der Waals surface area contributed by atoms with Crippen molar-refractivity contribution in [2.24, 2.45) is 0 Å². The van der Waals surface area contributed by atoms with E-state index in [-0.39, 0.29) is 6.07 Å². The molecule has 1 rings (SSSR count). The number of halogens is 5. The third kappa shape index (κ3) is 4.63. The summed E-state index contributed by atoms with van der Waals surface area (Å²) in [6.07, 6.45) is -6.16. The molecule has 0 spiro atoms. The normalized spacial score (nSPS) is 12.4. The first-order chi connectivity index (χ1) is 9.44. The zero-order valence-corrected chi connectivity index (χ0v) is 10.9. The lowest BCUT2D eigenvalue weighted by Gasteiger charge is -2.10. The van der Waals surface area contributed by atoms with Crippen molar-refractivity contribution in [2.45, 2.75) is 17.5 Å². The van der Waals surface area contributed by atoms with Gasteiger partial charge in [0, 0.05) is 6.54 Å². The van der Waals surface area contributed by atoms with Crippen LogP contribution < -0.4 is 4.72 Å². The fourth-order valence-electron chi connectivity index (χ4n) is 1.29. The Morgan fingerprint density at radius 2 is 1.81 bits per heavy atom. The quantitative estimate of drug-likeness (QED) is 0.806. The molecular formula is C10H8F5NO4S. The Hall–Kier alpha value is -1.75. The minimum Gasteiger partial charge on any atom is -0.478 e. The largest absolute Gasteiger partial charge is 0.478 e. The van der Waals surface area contributed by atoms with Gasteiger partial charge in [-0.15, -0.1) is 0 Å². The number of aromatic carboxylic acids is 1. The first-order valence-corrected chi connectivity index (χ1v) is 6.71. The number of rotatable bonds is 5. The van der Waals surface area contributed by atoms with Crippen LogP contribution in [-0.2, 0) is 10.0 Å². The highest BCUT2D eigenvalue weighted by molar-refractivity contribution is 7.89. The van der Waals surface area contributed by atoms with Crippen molar-refractivity contribution in [1.29, 1.82) is 0 Å². The number of carboxylic acids is 1. The summed E-state index contributed by atoms with van der Waals surface area (Å²) < 4.78 is 86.8. The topological polar surface area (TPSA) is 83.5 Å². The van der Waals surface area contributed by atoms with E-state index in [1.807, 2.05) is 0 Å². The van der Waals surface area contributed by atoms with Gasteiger partial charge in [-0.25, -0.2) is 26.7 Å². The fourth-order valence-corrected chi connectivity index (χ4v) is 2.43. The van der Waals surface area contributed by atoms with Gasteiger partial charge in [0.05, 0.1) is 12.0 Å². The molecule has 0 aromatic heterocycles. The molecule has 0 fully saturated rings. The monoisotopic (exact) mass is 333 g/mol. The van der Waals surface area contributed by atoms with Gasteiger partial charge in [0.1, 0.15) is 4.90 Å². The molecule has 0 bridgehead atoms. The van der Waals surface area contributed by atoms with Gasteiger partial charge in [-0.3, -0.25) is 0 Å². The van der Waals surface area contributed by atoms with Gasteiger partial charge in [0.25, 0.3) is 0 Å². The zero-order valence-electron chi connectivity index (χ0n) is 10.0. The van der Waals surface area contributed by atoms with Crippen molar-refractivity contribution < 1.29 is 40.3 Å². The summed E-state index contributed by atoms with van der Waals surface area (Å²) in [5.74, 6) is -5.34. The molecule has 0 aliphatic heterocycles. The molecule has 11 heteroatoms. The molecule has 21 heavy (non-hydrogen) atoms. The van der Waals surface area contributed by atoms with Crippen LogP contribution in [0.1, 0.15) is 16.8 Å². The van der Waals surface area contributed by atoms with Crippen LogP contribution >= 0.6 is 0 Å². The maximum absolute atomic E-state index is 13.4. The molecule has 0 atom stereocenters. The second-order valence-corrected chi connectivity index (χ2v) is 5.57. The Morgan fingerprint density at radius 1 is 1.24 bits per heavy atom. The molecule has 5 nitrogen and oxygen atoms in total. The van der Waals surface area contributed by atoms with E-state index >= 15 is 0 Å². The molecule has 0 saturated heterocycles. The number of hydrogen-bond donors (Lipinski definition) is 2. The average molecular weight is 333 g/mol. The zero-order chi connectivity index (χ0) is 16.4. The molecule has 2 N–H and O–H groups in total. The maximum atomic E-state index is 13.4. The molecule has 0 heterocycles. The van der Waals surface area contributed by atoms with Gasteiger partial charge >= 0.3 is 12.1 Å². The van der Waals surface area contributed by atoms with Crippen molar-refractivity contribution >= 4 is 16.0 Å². The van der Waals surface area contributed by atoms with Crippen molar-refractivity contribution in [3.8, 4) is 0 Å². The molecule has 1 aromatic rings. The van der Waals surface area contributed by atoms with E-state index in [1.54, 1.807) is 0 Å². The van der Waals surface area contributed by atoms with Gasteiger partial charge in [-0.1, -0.05) is 0 Å². The van der Waals surface area contributed by atoms with Gasteiger partial charge in [0.2, 0.25) is 10.0 Å². The Labute approximate surface area is 115 Å². The minimum atomic E-state index is -4.82. The highest BCUT2D eigenvalue weighted by Gasteiger charge is 2.29. The third-order valence-corrected chi connectivity index (χ3v) is 3.69. The smallest absolute Gasteiger partial charge is 0.390 e. The molecule has 0 aliphatic carbocycles. The van der Waals surface area contributed by atoms with Gasteiger partial charge in [-0.05, 0) is 12.1 Å². The molecule has 0 radical (unpaired) electrons. The second-order valence-electron chi connectivity index (χ2n) is 3.84. The number of nitrogens with one attached hydrogen (secondary N) is 1. The Morgan fingerprint density at radius 3 is 2.29 bits per heavy atom. The number of alkyl halides is 3. The molecule has 0 aliphatic rings. The van der Waals surface area contributed by atoms with Gasteiger partial charge in [-0.2, -0.15) is 13.2 Å². The summed E-state index contributed by atoms with van der Waals surface area (Å²) in [4.78, 5) is 9.26. The van der Waals surface area contributed by atoms with E-state index in [2.05, 4.69) is 0 Å². The molecule has 0 amide bonds. The van der Waals surface area contributed by atoms with Crippen molar-refractivity contribution in [3.63, 3.8) is 0 Å². The first kappa shape index (κ1) is 17.3. The van der Waals surface area contributed by atoms with E-state index in [0.717, 1.165) is 0 Å². The predicted molar refractivity (Wildman–Crippen MR) is 59.2 cm³/mol. The Balaban J connectivity index is 3.11. The molecule has 1 aromatic carbocycles. The van der Waals surface area contributed by atoms with Crippen molar-refractivity contribution in [1.82, 2.24) is 4.72 Å². The highest BCUT2D eigenvalue weighted by atomic mass is 32.2. The second kappa shape index (κ2) is 5.93. The van der Waals surface area contributed by atoms with Crippen LogP contribution in [0, 0.1) is 11.6 Å². The van der Waals surface area contributed by atoms with Crippen molar-refractivity contribution in [2.75, 3.05) is 6.54 Å². The highest BCUT2D eigenvalue weighted by Crippen LogP contribution is 2.21. The number of hydrogen-bond acceptors (Lipinski definition) is 3. The lowest BCUT2D eigenvalue weighted by molar-refractivity contribution is -0.132. The summed E-state index contributed by atoms with van der Waals surface area (Å²) in [5, 5.41) is 8.62. The van der Waals surface area contributed by atoms with Gasteiger partial charge in [0.15, 0.2) is 11.6 Å². The number of benzene rings is 1. The van der Waals surface area contributed by atoms with Crippen LogP contribution in [0.15, 0.2) is 17.0 Å². The Kier molecular flexibility index (Phi) is 4.89. The summed E-state index contributed by atoms with van der Waals surface area (Å²) in [6.45, 7) is -1.09. The number of sulfonamides is 1. The van der Waals surface area contributed by atoms with E-state index in [1.165, 1.54) is 4.72 Å². The van der Waals surface area contributed by atoms with E-state index < -0.39 is 57.2 Å². The fraction of sp³-hybridized carbons (Fsp3) is 0.300. The lowest BCUT2D eigenvalue weighted by Crippen LogP contribution is -2.29. The van der Waals surface area contributed by atoms with Crippen molar-refractivity contribution in [3.05, 3.63) is 29.3 Å². The summed E-state index contributed by atoms with van der Waals surface area (Å²) in [7, 11) is -4.82. The first-order valence-electron chi connectivity index (χ1n) is 5.23. The van der Waals surface area contributed by atoms with Gasteiger partial charge < -0.3 is 5.11 Å². The molecule has 0 saturated carbocycles. The van der Waals surface area contributed by atoms with Crippen LogP contribution in [0.3, 0.4) is 0 Å². The van der Waals surface area contributed by atoms with E-state index in [0.29, 0.717) is 6.07 Å². The number of carbonyl (C=O) groups is 1. The molecular weight excluding hydrogens is 325 g/mol. The Bertz CT molecular complexity index is 656. The molecule has 0 unspecified atom stereocenters. The van der Waals surface area contributed by atoms with E-state index in [9.17, 15) is 35.2 Å². The SMILES string of the molecule is O=C(O)c1cc(F)c(F)c(S(=O)(=O)NCCC(F)(F)F)c1.